The molecule has 0 bridgehead atoms. The molecule has 0 aliphatic heterocycles. The van der Waals surface area contributed by atoms with Gasteiger partial charge in [0.15, 0.2) is 17.5 Å². The minimum atomic E-state index is -0.735. The van der Waals surface area contributed by atoms with Crippen molar-refractivity contribution in [3.8, 4) is 11.5 Å². The molecular formula is C21H16F3N5O. The molecule has 4 rings (SSSR count). The number of fused-ring (bicyclic) bond motifs is 1. The summed E-state index contributed by atoms with van der Waals surface area (Å²) in [5.74, 6) is -2.03. The predicted molar refractivity (Wildman–Crippen MR) is 105 cm³/mol. The van der Waals surface area contributed by atoms with Crippen molar-refractivity contribution in [1.82, 2.24) is 19.7 Å². The first-order chi connectivity index (χ1) is 14.4. The van der Waals surface area contributed by atoms with Gasteiger partial charge in [0.25, 0.3) is 0 Å². The molecule has 9 heteroatoms. The van der Waals surface area contributed by atoms with E-state index in [0.717, 1.165) is 6.20 Å². The van der Waals surface area contributed by atoms with E-state index in [-0.39, 0.29) is 41.7 Å². The number of anilines is 1. The minimum absolute atomic E-state index is 0.0131. The fraction of sp³-hybridized carbons (Fsp3) is 0.143. The van der Waals surface area contributed by atoms with Gasteiger partial charge in [0.1, 0.15) is 28.6 Å². The van der Waals surface area contributed by atoms with Gasteiger partial charge in [0, 0.05) is 10.9 Å². The van der Waals surface area contributed by atoms with Crippen LogP contribution in [0.4, 0.5) is 19.0 Å². The molecule has 0 unspecified atom stereocenters. The van der Waals surface area contributed by atoms with Crippen molar-refractivity contribution in [3.05, 3.63) is 71.7 Å². The first-order valence-corrected chi connectivity index (χ1v) is 9.08. The van der Waals surface area contributed by atoms with E-state index in [9.17, 15) is 18.0 Å². The lowest BCUT2D eigenvalue weighted by molar-refractivity contribution is -0.115. The van der Waals surface area contributed by atoms with Crippen LogP contribution in [-0.2, 0) is 11.3 Å². The third-order valence-corrected chi connectivity index (χ3v) is 4.46. The Hall–Kier alpha value is -3.75. The van der Waals surface area contributed by atoms with Crippen molar-refractivity contribution >= 4 is 22.5 Å². The molecule has 0 fully saturated rings. The highest BCUT2D eigenvalue weighted by molar-refractivity contribution is 5.92. The molecule has 6 nitrogen and oxygen atoms in total. The third-order valence-electron chi connectivity index (χ3n) is 4.46. The van der Waals surface area contributed by atoms with Gasteiger partial charge >= 0.3 is 0 Å². The number of carbonyl (C=O) groups is 1. The number of rotatable bonds is 6. The Morgan fingerprint density at radius 2 is 1.80 bits per heavy atom. The number of benzene rings is 2. The lowest BCUT2D eigenvalue weighted by Crippen LogP contribution is -2.13. The molecule has 0 radical (unpaired) electrons. The monoisotopic (exact) mass is 411 g/mol. The van der Waals surface area contributed by atoms with Crippen molar-refractivity contribution < 1.29 is 18.0 Å². The summed E-state index contributed by atoms with van der Waals surface area (Å²) in [7, 11) is 0. The highest BCUT2D eigenvalue weighted by Crippen LogP contribution is 2.29. The molecular weight excluding hydrogens is 395 g/mol. The van der Waals surface area contributed by atoms with Crippen LogP contribution in [-0.4, -0.2) is 32.1 Å². The number of nitrogens with one attached hydrogen (secondary N) is 1. The van der Waals surface area contributed by atoms with Crippen molar-refractivity contribution in [3.63, 3.8) is 0 Å². The van der Waals surface area contributed by atoms with Crippen LogP contribution in [0.3, 0.4) is 0 Å². The van der Waals surface area contributed by atoms with Crippen LogP contribution in [0.15, 0.2) is 48.7 Å². The summed E-state index contributed by atoms with van der Waals surface area (Å²) in [4.78, 5) is 19.3. The Balaban J connectivity index is 1.83. The van der Waals surface area contributed by atoms with Gasteiger partial charge in [-0.15, -0.1) is 0 Å². The Bertz CT molecular complexity index is 1250. The Morgan fingerprint density at radius 1 is 1.03 bits per heavy atom. The van der Waals surface area contributed by atoms with Crippen LogP contribution in [0.5, 0.6) is 0 Å². The van der Waals surface area contributed by atoms with Crippen LogP contribution in [0.25, 0.3) is 22.4 Å². The number of hydrogen-bond donors (Lipinski definition) is 1. The highest BCUT2D eigenvalue weighted by Gasteiger charge is 2.20. The quantitative estimate of drug-likeness (QED) is 0.520. The number of halogens is 3. The van der Waals surface area contributed by atoms with Crippen molar-refractivity contribution in [1.29, 1.82) is 0 Å². The number of Topliss-reactive ketones (excluding diaryl/α,β-unsaturated/α-hetero) is 1. The van der Waals surface area contributed by atoms with Gasteiger partial charge in [0.05, 0.1) is 19.3 Å². The Kier molecular flexibility index (Phi) is 5.18. The molecule has 2 aromatic heterocycles. The predicted octanol–water partition coefficient (Wildman–Crippen LogP) is 3.96. The third kappa shape index (κ3) is 3.73. The standard InChI is InChI=1S/C21H16F3N5O/c1-12(30)9-25-20-17(24)10-26-21(27-20)18-14-6-4-8-16(23)19(14)29(28-18)11-13-5-2-3-7-15(13)22/h2-8,10H,9,11H2,1H3,(H,25,26,27). The molecule has 0 atom stereocenters. The number of aromatic nitrogens is 4. The molecule has 0 saturated carbocycles. The van der Waals surface area contributed by atoms with Crippen LogP contribution in [0, 0.1) is 17.5 Å². The van der Waals surface area contributed by atoms with Crippen molar-refractivity contribution in [2.75, 3.05) is 11.9 Å². The maximum atomic E-state index is 14.6. The zero-order valence-corrected chi connectivity index (χ0v) is 15.9. The van der Waals surface area contributed by atoms with Crippen LogP contribution in [0.1, 0.15) is 12.5 Å². The first-order valence-electron chi connectivity index (χ1n) is 9.08. The average Bonchev–Trinajstić information content (AvgIpc) is 3.09. The minimum Gasteiger partial charge on any atom is -0.360 e. The van der Waals surface area contributed by atoms with Gasteiger partial charge in [-0.25, -0.2) is 23.1 Å². The molecule has 30 heavy (non-hydrogen) atoms. The first kappa shape index (κ1) is 19.6. The maximum Gasteiger partial charge on any atom is 0.183 e. The summed E-state index contributed by atoms with van der Waals surface area (Å²) in [5.41, 5.74) is 0.703. The van der Waals surface area contributed by atoms with Crippen molar-refractivity contribution in [2.24, 2.45) is 0 Å². The largest absolute Gasteiger partial charge is 0.360 e. The normalized spacial score (nSPS) is 11.1. The Labute approximate surface area is 169 Å². The molecule has 152 valence electrons. The zero-order chi connectivity index (χ0) is 21.3. The second kappa shape index (κ2) is 7.94. The summed E-state index contributed by atoms with van der Waals surface area (Å²) < 4.78 is 44.1. The Morgan fingerprint density at radius 3 is 2.57 bits per heavy atom. The lowest BCUT2D eigenvalue weighted by Gasteiger charge is -2.06. The lowest BCUT2D eigenvalue weighted by atomic mass is 10.2. The van der Waals surface area contributed by atoms with Crippen LogP contribution in [0.2, 0.25) is 0 Å². The summed E-state index contributed by atoms with van der Waals surface area (Å²) >= 11 is 0. The van der Waals surface area contributed by atoms with E-state index in [1.807, 2.05) is 0 Å². The average molecular weight is 411 g/mol. The van der Waals surface area contributed by atoms with Gasteiger partial charge in [0.2, 0.25) is 0 Å². The molecule has 0 spiro atoms. The summed E-state index contributed by atoms with van der Waals surface area (Å²) in [6.45, 7) is 1.24. The molecule has 0 aliphatic rings. The van der Waals surface area contributed by atoms with Gasteiger partial charge in [-0.1, -0.05) is 30.3 Å². The van der Waals surface area contributed by atoms with Gasteiger partial charge in [-0.3, -0.25) is 9.48 Å². The topological polar surface area (TPSA) is 72.7 Å². The second-order valence-electron chi connectivity index (χ2n) is 6.68. The number of carbonyl (C=O) groups excluding carboxylic acids is 1. The fourth-order valence-electron chi connectivity index (χ4n) is 3.07. The van der Waals surface area contributed by atoms with Crippen LogP contribution >= 0.6 is 0 Å². The smallest absolute Gasteiger partial charge is 0.183 e. The number of hydrogen-bond acceptors (Lipinski definition) is 5. The van der Waals surface area contributed by atoms with Crippen LogP contribution < -0.4 is 5.32 Å². The van der Waals surface area contributed by atoms with E-state index >= 15 is 0 Å². The van der Waals surface area contributed by atoms with E-state index in [2.05, 4.69) is 20.4 Å². The fourth-order valence-corrected chi connectivity index (χ4v) is 3.07. The highest BCUT2D eigenvalue weighted by atomic mass is 19.1. The molecule has 2 heterocycles. The van der Waals surface area contributed by atoms with Gasteiger partial charge < -0.3 is 5.32 Å². The number of para-hydroxylation sites is 1. The maximum absolute atomic E-state index is 14.6. The summed E-state index contributed by atoms with van der Waals surface area (Å²) in [6, 6.07) is 10.6. The van der Waals surface area contributed by atoms with E-state index in [0.29, 0.717) is 10.9 Å². The molecule has 0 saturated heterocycles. The molecule has 1 N–H and O–H groups in total. The number of ketones is 1. The number of nitrogens with zero attached hydrogens (tertiary/aromatic N) is 4. The zero-order valence-electron chi connectivity index (χ0n) is 15.9. The van der Waals surface area contributed by atoms with E-state index < -0.39 is 17.5 Å². The summed E-state index contributed by atoms with van der Waals surface area (Å²) in [5, 5.41) is 7.39. The van der Waals surface area contributed by atoms with E-state index in [4.69, 9.17) is 0 Å². The second-order valence-corrected chi connectivity index (χ2v) is 6.68. The van der Waals surface area contributed by atoms with E-state index in [1.165, 1.54) is 29.8 Å². The van der Waals surface area contributed by atoms with Gasteiger partial charge in [-0.05, 0) is 19.1 Å². The molecule has 2 aromatic carbocycles. The summed E-state index contributed by atoms with van der Waals surface area (Å²) in [6.07, 6.45) is 0.950. The van der Waals surface area contributed by atoms with E-state index in [1.54, 1.807) is 24.3 Å². The van der Waals surface area contributed by atoms with Crippen molar-refractivity contribution in [2.45, 2.75) is 13.5 Å². The molecule has 0 aliphatic carbocycles. The SMILES string of the molecule is CC(=O)CNc1nc(-c2nn(Cc3ccccc3F)c3c(F)cccc23)ncc1F. The molecule has 0 amide bonds. The van der Waals surface area contributed by atoms with Gasteiger partial charge in [-0.2, -0.15) is 5.10 Å². The molecule has 4 aromatic rings.